The van der Waals surface area contributed by atoms with Gasteiger partial charge in [-0.25, -0.2) is 4.79 Å². The van der Waals surface area contributed by atoms with E-state index in [1.54, 1.807) is 0 Å². The summed E-state index contributed by atoms with van der Waals surface area (Å²) < 4.78 is 5.47. The summed E-state index contributed by atoms with van der Waals surface area (Å²) in [5.41, 5.74) is 0.479. The van der Waals surface area contributed by atoms with Crippen LogP contribution < -0.4 is 5.32 Å². The molecular formula is C17H25ClN4O2. The van der Waals surface area contributed by atoms with E-state index in [4.69, 9.17) is 16.3 Å². The van der Waals surface area contributed by atoms with Gasteiger partial charge >= 0.3 is 6.09 Å². The van der Waals surface area contributed by atoms with Crippen molar-refractivity contribution in [3.05, 3.63) is 16.8 Å². The second kappa shape index (κ2) is 6.39. The predicted octanol–water partition coefficient (Wildman–Crippen LogP) is 3.50. The molecule has 0 spiro atoms. The number of nitrogens with zero attached hydrogens (tertiary/aromatic N) is 3. The van der Waals surface area contributed by atoms with Gasteiger partial charge in [0, 0.05) is 19.1 Å². The summed E-state index contributed by atoms with van der Waals surface area (Å²) in [6, 6.07) is 2.30. The Hall–Kier alpha value is -1.56. The molecule has 1 aromatic heterocycles. The Morgan fingerprint density at radius 1 is 1.29 bits per heavy atom. The minimum atomic E-state index is -0.440. The van der Waals surface area contributed by atoms with Crippen molar-refractivity contribution in [1.82, 2.24) is 15.1 Å². The molecule has 2 fully saturated rings. The van der Waals surface area contributed by atoms with E-state index in [0.717, 1.165) is 37.3 Å². The zero-order valence-electron chi connectivity index (χ0n) is 14.7. The number of hydrogen-bond donors (Lipinski definition) is 1. The van der Waals surface area contributed by atoms with E-state index in [2.05, 4.69) is 15.5 Å². The Kier molecular flexibility index (Phi) is 4.60. The smallest absolute Gasteiger partial charge is 0.410 e. The average Bonchev–Trinajstić information content (AvgIpc) is 2.99. The van der Waals surface area contributed by atoms with Crippen molar-refractivity contribution < 1.29 is 9.53 Å². The summed E-state index contributed by atoms with van der Waals surface area (Å²) in [5, 5.41) is 11.9. The van der Waals surface area contributed by atoms with Crippen molar-refractivity contribution in [3.63, 3.8) is 0 Å². The van der Waals surface area contributed by atoms with E-state index < -0.39 is 5.60 Å². The first kappa shape index (κ1) is 17.3. The predicted molar refractivity (Wildman–Crippen MR) is 93.2 cm³/mol. The van der Waals surface area contributed by atoms with Gasteiger partial charge in [-0.05, 0) is 64.0 Å². The molecule has 1 aliphatic carbocycles. The molecule has 0 aromatic carbocycles. The lowest BCUT2D eigenvalue weighted by Crippen LogP contribution is -2.36. The van der Waals surface area contributed by atoms with Gasteiger partial charge in [-0.2, -0.15) is 0 Å². The van der Waals surface area contributed by atoms with E-state index in [1.807, 2.05) is 38.7 Å². The summed E-state index contributed by atoms with van der Waals surface area (Å²) in [7, 11) is 0. The van der Waals surface area contributed by atoms with E-state index in [-0.39, 0.29) is 6.09 Å². The molecule has 3 atom stereocenters. The number of carbonyl (C=O) groups excluding carboxylic acids is 1. The molecule has 0 radical (unpaired) electrons. The largest absolute Gasteiger partial charge is 0.444 e. The fraction of sp³-hybridized carbons (Fsp3) is 0.706. The number of carbonyl (C=O) groups is 1. The Labute approximate surface area is 147 Å². The number of halogens is 1. The molecule has 1 amide bonds. The molecule has 1 unspecified atom stereocenters. The van der Waals surface area contributed by atoms with E-state index in [1.165, 1.54) is 0 Å². The number of aryl methyl sites for hydroxylation is 1. The first-order valence-corrected chi connectivity index (χ1v) is 8.83. The van der Waals surface area contributed by atoms with Gasteiger partial charge in [0.25, 0.3) is 0 Å². The first-order chi connectivity index (χ1) is 11.2. The van der Waals surface area contributed by atoms with Crippen LogP contribution in [0, 0.1) is 18.8 Å². The van der Waals surface area contributed by atoms with E-state index in [0.29, 0.717) is 23.0 Å². The topological polar surface area (TPSA) is 67.4 Å². The van der Waals surface area contributed by atoms with Crippen molar-refractivity contribution >= 4 is 23.5 Å². The maximum absolute atomic E-state index is 12.2. The highest BCUT2D eigenvalue weighted by molar-refractivity contribution is 6.30. The number of anilines is 1. The van der Waals surface area contributed by atoms with Crippen LogP contribution in [0.15, 0.2) is 6.07 Å². The highest BCUT2D eigenvalue weighted by Crippen LogP contribution is 2.39. The Morgan fingerprint density at radius 2 is 1.92 bits per heavy atom. The summed E-state index contributed by atoms with van der Waals surface area (Å²) >= 11 is 5.92. The average molecular weight is 353 g/mol. The second-order valence-electron chi connectivity index (χ2n) is 7.92. The number of likely N-dealkylation sites (tertiary alicyclic amines) is 1. The molecule has 1 aromatic rings. The van der Waals surface area contributed by atoms with Gasteiger partial charge in [0.05, 0.1) is 0 Å². The van der Waals surface area contributed by atoms with Gasteiger partial charge in [-0.15, -0.1) is 10.2 Å². The van der Waals surface area contributed by atoms with Crippen molar-refractivity contribution in [2.24, 2.45) is 11.8 Å². The van der Waals surface area contributed by atoms with Gasteiger partial charge < -0.3 is 15.0 Å². The maximum Gasteiger partial charge on any atom is 0.410 e. The molecule has 1 aliphatic heterocycles. The number of rotatable bonds is 2. The molecule has 2 heterocycles. The Balaban J connectivity index is 1.53. The van der Waals surface area contributed by atoms with Gasteiger partial charge in [-0.1, -0.05) is 11.6 Å². The van der Waals surface area contributed by atoms with Gasteiger partial charge in [0.2, 0.25) is 0 Å². The standard InChI is InChI=1S/C17H25ClN4O2/c1-10-5-14(20-21-15(10)18)19-13-6-11-8-22(9-12(11)7-13)16(23)24-17(2,3)4/h5,11-13H,6-9H2,1-4H3,(H,19,20)/t11-,12?,13+/m1/s1. The zero-order valence-corrected chi connectivity index (χ0v) is 15.4. The first-order valence-electron chi connectivity index (χ1n) is 8.45. The highest BCUT2D eigenvalue weighted by Gasteiger charge is 2.43. The van der Waals surface area contributed by atoms with Crippen LogP contribution in [0.4, 0.5) is 10.6 Å². The molecule has 6 nitrogen and oxygen atoms in total. The summed E-state index contributed by atoms with van der Waals surface area (Å²) in [5.74, 6) is 1.82. The van der Waals surface area contributed by atoms with Crippen molar-refractivity contribution in [2.45, 2.75) is 52.2 Å². The zero-order chi connectivity index (χ0) is 17.5. The number of hydrogen-bond acceptors (Lipinski definition) is 5. The Bertz CT molecular complexity index is 618. The van der Waals surface area contributed by atoms with Gasteiger partial charge in [-0.3, -0.25) is 0 Å². The third kappa shape index (κ3) is 3.91. The fourth-order valence-corrected chi connectivity index (χ4v) is 3.74. The van der Waals surface area contributed by atoms with Crippen LogP contribution in [-0.2, 0) is 4.74 Å². The normalized spacial score (nSPS) is 26.4. The molecule has 1 saturated heterocycles. The number of nitrogens with one attached hydrogen (secondary N) is 1. The number of fused-ring (bicyclic) bond motifs is 1. The lowest BCUT2D eigenvalue weighted by molar-refractivity contribution is 0.0280. The van der Waals surface area contributed by atoms with Crippen LogP contribution in [0.2, 0.25) is 5.15 Å². The lowest BCUT2D eigenvalue weighted by atomic mass is 10.0. The Morgan fingerprint density at radius 3 is 2.46 bits per heavy atom. The van der Waals surface area contributed by atoms with E-state index >= 15 is 0 Å². The van der Waals surface area contributed by atoms with Crippen LogP contribution in [0.1, 0.15) is 39.2 Å². The van der Waals surface area contributed by atoms with Crippen LogP contribution in [0.25, 0.3) is 0 Å². The number of aromatic nitrogens is 2. The molecule has 1 saturated carbocycles. The molecule has 132 valence electrons. The minimum Gasteiger partial charge on any atom is -0.444 e. The van der Waals surface area contributed by atoms with Crippen molar-refractivity contribution in [2.75, 3.05) is 18.4 Å². The van der Waals surface area contributed by atoms with Crippen LogP contribution in [-0.4, -0.2) is 45.9 Å². The van der Waals surface area contributed by atoms with Crippen LogP contribution >= 0.6 is 11.6 Å². The fourth-order valence-electron chi connectivity index (χ4n) is 3.64. The van der Waals surface area contributed by atoms with Crippen molar-refractivity contribution in [1.29, 1.82) is 0 Å². The van der Waals surface area contributed by atoms with Crippen molar-refractivity contribution in [3.8, 4) is 0 Å². The highest BCUT2D eigenvalue weighted by atomic mass is 35.5. The third-order valence-corrected chi connectivity index (χ3v) is 5.05. The third-order valence-electron chi connectivity index (χ3n) is 4.68. The molecule has 3 rings (SSSR count). The summed E-state index contributed by atoms with van der Waals surface area (Å²) in [6.45, 7) is 9.18. The van der Waals surface area contributed by atoms with Crippen LogP contribution in [0.3, 0.4) is 0 Å². The molecule has 1 N–H and O–H groups in total. The van der Waals surface area contributed by atoms with E-state index in [9.17, 15) is 4.79 Å². The lowest BCUT2D eigenvalue weighted by Gasteiger charge is -2.25. The van der Waals surface area contributed by atoms with Gasteiger partial charge in [0.1, 0.15) is 11.4 Å². The van der Waals surface area contributed by atoms with Crippen LogP contribution in [0.5, 0.6) is 0 Å². The monoisotopic (exact) mass is 352 g/mol. The molecule has 2 aliphatic rings. The molecule has 0 bridgehead atoms. The quantitative estimate of drug-likeness (QED) is 0.882. The second-order valence-corrected chi connectivity index (χ2v) is 8.28. The molecule has 24 heavy (non-hydrogen) atoms. The summed E-state index contributed by atoms with van der Waals surface area (Å²) in [6.07, 6.45) is 1.88. The maximum atomic E-state index is 12.2. The number of amides is 1. The molecular weight excluding hydrogens is 328 g/mol. The SMILES string of the molecule is Cc1cc(N[C@@H]2CC3CN(C(=O)OC(C)(C)C)C[C@H]3C2)nnc1Cl. The number of ether oxygens (including phenoxy) is 1. The minimum absolute atomic E-state index is 0.194. The summed E-state index contributed by atoms with van der Waals surface area (Å²) in [4.78, 5) is 14.0. The van der Waals surface area contributed by atoms with Gasteiger partial charge in [0.15, 0.2) is 5.15 Å². The molecule has 7 heteroatoms.